The number of ether oxygens (including phenoxy) is 1. The molecule has 0 amide bonds. The van der Waals surface area contributed by atoms with Crippen LogP contribution in [-0.4, -0.2) is 6.26 Å². The smallest absolute Gasteiger partial charge is 0.120 e. The molecule has 0 heterocycles. The highest BCUT2D eigenvalue weighted by molar-refractivity contribution is 7.98. The SMILES string of the molecule is CSc1ccc(OCc2ccccc2)cc1C. The van der Waals surface area contributed by atoms with Gasteiger partial charge in [0.1, 0.15) is 12.4 Å². The molecular formula is C15H16OS. The second kappa shape index (κ2) is 5.78. The van der Waals surface area contributed by atoms with Crippen LogP contribution in [0.4, 0.5) is 0 Å². The van der Waals surface area contributed by atoms with E-state index in [-0.39, 0.29) is 0 Å². The third-order valence-corrected chi connectivity index (χ3v) is 3.51. The third kappa shape index (κ3) is 3.27. The molecule has 2 heteroatoms. The summed E-state index contributed by atoms with van der Waals surface area (Å²) in [6, 6.07) is 16.4. The van der Waals surface area contributed by atoms with Gasteiger partial charge in [0, 0.05) is 4.90 Å². The second-order valence-corrected chi connectivity index (χ2v) is 4.75. The highest BCUT2D eigenvalue weighted by Gasteiger charge is 2.00. The second-order valence-electron chi connectivity index (χ2n) is 3.91. The summed E-state index contributed by atoms with van der Waals surface area (Å²) in [5.41, 5.74) is 2.46. The highest BCUT2D eigenvalue weighted by Crippen LogP contribution is 2.24. The van der Waals surface area contributed by atoms with Crippen molar-refractivity contribution in [1.29, 1.82) is 0 Å². The average molecular weight is 244 g/mol. The fraction of sp³-hybridized carbons (Fsp3) is 0.200. The standard InChI is InChI=1S/C15H16OS/c1-12-10-14(8-9-15(12)17-2)16-11-13-6-4-3-5-7-13/h3-10H,11H2,1-2H3. The minimum Gasteiger partial charge on any atom is -0.489 e. The molecule has 0 aromatic heterocycles. The Kier molecular flexibility index (Phi) is 4.10. The van der Waals surface area contributed by atoms with Gasteiger partial charge in [-0.3, -0.25) is 0 Å². The van der Waals surface area contributed by atoms with Crippen LogP contribution >= 0.6 is 11.8 Å². The van der Waals surface area contributed by atoms with Crippen molar-refractivity contribution in [2.75, 3.05) is 6.26 Å². The zero-order chi connectivity index (χ0) is 12.1. The van der Waals surface area contributed by atoms with E-state index in [9.17, 15) is 0 Å². The van der Waals surface area contributed by atoms with E-state index in [2.05, 4.69) is 37.4 Å². The molecule has 0 spiro atoms. The van der Waals surface area contributed by atoms with Gasteiger partial charge in [-0.2, -0.15) is 0 Å². The first-order valence-corrected chi connectivity index (χ1v) is 6.83. The Bertz CT molecular complexity index is 480. The Morgan fingerprint density at radius 1 is 1.06 bits per heavy atom. The van der Waals surface area contributed by atoms with Crippen molar-refractivity contribution in [1.82, 2.24) is 0 Å². The molecular weight excluding hydrogens is 228 g/mol. The third-order valence-electron chi connectivity index (χ3n) is 2.61. The maximum atomic E-state index is 5.76. The Morgan fingerprint density at radius 2 is 1.82 bits per heavy atom. The van der Waals surface area contributed by atoms with Gasteiger partial charge in [-0.1, -0.05) is 30.3 Å². The largest absolute Gasteiger partial charge is 0.489 e. The molecule has 2 aromatic rings. The van der Waals surface area contributed by atoms with E-state index in [4.69, 9.17) is 4.74 Å². The van der Waals surface area contributed by atoms with Crippen molar-refractivity contribution >= 4 is 11.8 Å². The number of hydrogen-bond donors (Lipinski definition) is 0. The van der Waals surface area contributed by atoms with Gasteiger partial charge in [0.25, 0.3) is 0 Å². The van der Waals surface area contributed by atoms with Crippen LogP contribution in [0.15, 0.2) is 53.4 Å². The van der Waals surface area contributed by atoms with E-state index in [0.29, 0.717) is 6.61 Å². The zero-order valence-corrected chi connectivity index (χ0v) is 11.0. The molecule has 0 bridgehead atoms. The van der Waals surface area contributed by atoms with E-state index in [0.717, 1.165) is 5.75 Å². The fourth-order valence-electron chi connectivity index (χ4n) is 1.68. The van der Waals surface area contributed by atoms with Crippen LogP contribution in [0.1, 0.15) is 11.1 Å². The number of aryl methyl sites for hydroxylation is 1. The van der Waals surface area contributed by atoms with Crippen molar-refractivity contribution in [2.45, 2.75) is 18.4 Å². The number of thioether (sulfide) groups is 1. The molecule has 0 saturated heterocycles. The molecule has 0 aliphatic rings. The summed E-state index contributed by atoms with van der Waals surface area (Å²) >= 11 is 1.76. The topological polar surface area (TPSA) is 9.23 Å². The predicted molar refractivity (Wildman–Crippen MR) is 73.7 cm³/mol. The highest BCUT2D eigenvalue weighted by atomic mass is 32.2. The van der Waals surface area contributed by atoms with Gasteiger partial charge in [0.05, 0.1) is 0 Å². The van der Waals surface area contributed by atoms with Crippen LogP contribution in [-0.2, 0) is 6.61 Å². The lowest BCUT2D eigenvalue weighted by molar-refractivity contribution is 0.306. The Balaban J connectivity index is 2.02. The molecule has 0 aliphatic carbocycles. The van der Waals surface area contributed by atoms with Gasteiger partial charge < -0.3 is 4.74 Å². The van der Waals surface area contributed by atoms with Gasteiger partial charge in [-0.25, -0.2) is 0 Å². The molecule has 0 N–H and O–H groups in total. The number of benzene rings is 2. The van der Waals surface area contributed by atoms with Crippen molar-refractivity contribution < 1.29 is 4.74 Å². The summed E-state index contributed by atoms with van der Waals surface area (Å²) in [6.45, 7) is 2.74. The number of hydrogen-bond acceptors (Lipinski definition) is 2. The Hall–Kier alpha value is -1.41. The first kappa shape index (κ1) is 12.1. The summed E-state index contributed by atoms with van der Waals surface area (Å²) in [6.07, 6.45) is 2.09. The summed E-state index contributed by atoms with van der Waals surface area (Å²) < 4.78 is 5.76. The maximum Gasteiger partial charge on any atom is 0.120 e. The van der Waals surface area contributed by atoms with Crippen LogP contribution in [0, 0.1) is 6.92 Å². The molecule has 2 rings (SSSR count). The van der Waals surface area contributed by atoms with Gasteiger partial charge in [-0.05, 0) is 42.5 Å². The van der Waals surface area contributed by atoms with Gasteiger partial charge >= 0.3 is 0 Å². The van der Waals surface area contributed by atoms with Crippen molar-refractivity contribution in [3.05, 3.63) is 59.7 Å². The quantitative estimate of drug-likeness (QED) is 0.742. The first-order chi connectivity index (χ1) is 8.29. The van der Waals surface area contributed by atoms with Crippen LogP contribution in [0.5, 0.6) is 5.75 Å². The Labute approximate surface area is 107 Å². The van der Waals surface area contributed by atoms with E-state index in [1.54, 1.807) is 11.8 Å². The van der Waals surface area contributed by atoms with Crippen molar-refractivity contribution in [2.24, 2.45) is 0 Å². The fourth-order valence-corrected chi connectivity index (χ4v) is 2.27. The lowest BCUT2D eigenvalue weighted by Gasteiger charge is -2.09. The molecule has 0 saturated carbocycles. The molecule has 2 aromatic carbocycles. The monoisotopic (exact) mass is 244 g/mol. The minimum atomic E-state index is 0.624. The molecule has 0 aliphatic heterocycles. The van der Waals surface area contributed by atoms with E-state index in [1.165, 1.54) is 16.0 Å². The zero-order valence-electron chi connectivity index (χ0n) is 10.1. The summed E-state index contributed by atoms with van der Waals surface area (Å²) in [5, 5.41) is 0. The van der Waals surface area contributed by atoms with E-state index in [1.807, 2.05) is 24.3 Å². The van der Waals surface area contributed by atoms with Crippen LogP contribution in [0.3, 0.4) is 0 Å². The van der Waals surface area contributed by atoms with Gasteiger partial charge in [0.2, 0.25) is 0 Å². The maximum absolute atomic E-state index is 5.76. The van der Waals surface area contributed by atoms with E-state index < -0.39 is 0 Å². The summed E-state index contributed by atoms with van der Waals surface area (Å²) in [4.78, 5) is 1.30. The lowest BCUT2D eigenvalue weighted by atomic mass is 10.2. The molecule has 88 valence electrons. The Morgan fingerprint density at radius 3 is 2.47 bits per heavy atom. The first-order valence-electron chi connectivity index (χ1n) is 5.61. The predicted octanol–water partition coefficient (Wildman–Crippen LogP) is 4.30. The van der Waals surface area contributed by atoms with Gasteiger partial charge in [0.15, 0.2) is 0 Å². The molecule has 0 radical (unpaired) electrons. The summed E-state index contributed by atoms with van der Waals surface area (Å²) in [5.74, 6) is 0.934. The summed E-state index contributed by atoms with van der Waals surface area (Å²) in [7, 11) is 0. The van der Waals surface area contributed by atoms with Gasteiger partial charge in [-0.15, -0.1) is 11.8 Å². The van der Waals surface area contributed by atoms with Crippen LogP contribution in [0.25, 0.3) is 0 Å². The van der Waals surface area contributed by atoms with Crippen molar-refractivity contribution in [3.63, 3.8) is 0 Å². The average Bonchev–Trinajstić information content (AvgIpc) is 2.38. The minimum absolute atomic E-state index is 0.624. The normalized spacial score (nSPS) is 10.2. The van der Waals surface area contributed by atoms with Crippen LogP contribution < -0.4 is 4.74 Å². The molecule has 1 nitrogen and oxygen atoms in total. The molecule has 0 fully saturated rings. The van der Waals surface area contributed by atoms with Crippen molar-refractivity contribution in [3.8, 4) is 5.75 Å². The van der Waals surface area contributed by atoms with E-state index >= 15 is 0 Å². The lowest BCUT2D eigenvalue weighted by Crippen LogP contribution is -1.95. The molecule has 0 atom stereocenters. The van der Waals surface area contributed by atoms with Crippen LogP contribution in [0.2, 0.25) is 0 Å². The molecule has 17 heavy (non-hydrogen) atoms. The number of rotatable bonds is 4. The molecule has 0 unspecified atom stereocenters.